The number of benzene rings is 2. The van der Waals surface area contributed by atoms with Gasteiger partial charge in [0.15, 0.2) is 0 Å². The maximum atomic E-state index is 6.49. The fourth-order valence-corrected chi connectivity index (χ4v) is 2.95. The highest BCUT2D eigenvalue weighted by atomic mass is 79.9. The van der Waals surface area contributed by atoms with Crippen molar-refractivity contribution in [3.8, 4) is 0 Å². The van der Waals surface area contributed by atoms with Crippen LogP contribution in [-0.2, 0) is 6.42 Å². The number of aryl methyl sites for hydroxylation is 1. The summed E-state index contributed by atoms with van der Waals surface area (Å²) in [6.45, 7) is 2.08. The van der Waals surface area contributed by atoms with Gasteiger partial charge in [-0.2, -0.15) is 0 Å². The van der Waals surface area contributed by atoms with Crippen LogP contribution in [-0.4, -0.2) is 0 Å². The molecule has 0 fully saturated rings. The normalized spacial score (nSPS) is 12.4. The van der Waals surface area contributed by atoms with Gasteiger partial charge in [-0.3, -0.25) is 0 Å². The molecule has 0 N–H and O–H groups in total. The fraction of sp³-hybridized carbons (Fsp3) is 0.200. The van der Waals surface area contributed by atoms with Gasteiger partial charge in [0.1, 0.15) is 0 Å². The Morgan fingerprint density at radius 3 is 2.39 bits per heavy atom. The van der Waals surface area contributed by atoms with E-state index < -0.39 is 0 Å². The largest absolute Gasteiger partial charge is 0.117 e. The Bertz CT molecular complexity index is 535. The number of halogens is 3. The van der Waals surface area contributed by atoms with E-state index >= 15 is 0 Å². The number of rotatable bonds is 3. The van der Waals surface area contributed by atoms with Gasteiger partial charge in [-0.15, -0.1) is 11.6 Å². The third-order valence-electron chi connectivity index (χ3n) is 2.90. The molecule has 2 rings (SSSR count). The van der Waals surface area contributed by atoms with Crippen LogP contribution in [0.5, 0.6) is 0 Å². The molecule has 2 aromatic rings. The monoisotopic (exact) mass is 342 g/mol. The molecular weight excluding hydrogens is 331 g/mol. The molecule has 0 aliphatic rings. The van der Waals surface area contributed by atoms with E-state index in [9.17, 15) is 0 Å². The molecule has 0 spiro atoms. The molecule has 0 heterocycles. The number of hydrogen-bond acceptors (Lipinski definition) is 0. The molecule has 1 unspecified atom stereocenters. The lowest BCUT2D eigenvalue weighted by molar-refractivity contribution is 0.909. The lowest BCUT2D eigenvalue weighted by Crippen LogP contribution is -1.98. The van der Waals surface area contributed by atoms with Gasteiger partial charge in [0.2, 0.25) is 0 Å². The van der Waals surface area contributed by atoms with Gasteiger partial charge in [0, 0.05) is 9.50 Å². The van der Waals surface area contributed by atoms with Crippen LogP contribution >= 0.6 is 39.1 Å². The standard InChI is InChI=1S/C15H13BrCl2/c1-10-8-12(16)4-7-14(10)15(18)9-11-2-5-13(17)6-3-11/h2-8,15H,9H2,1H3. The summed E-state index contributed by atoms with van der Waals surface area (Å²) in [7, 11) is 0. The molecule has 0 radical (unpaired) electrons. The second-order valence-electron chi connectivity index (χ2n) is 4.30. The first kappa shape index (κ1) is 13.9. The number of hydrogen-bond donors (Lipinski definition) is 0. The fourth-order valence-electron chi connectivity index (χ4n) is 1.93. The van der Waals surface area contributed by atoms with Crippen LogP contribution in [0.25, 0.3) is 0 Å². The van der Waals surface area contributed by atoms with Crippen LogP contribution in [0.3, 0.4) is 0 Å². The molecular formula is C15H13BrCl2. The van der Waals surface area contributed by atoms with Crippen molar-refractivity contribution >= 4 is 39.1 Å². The summed E-state index contributed by atoms with van der Waals surface area (Å²) in [4.78, 5) is 0. The van der Waals surface area contributed by atoms with Gasteiger partial charge in [-0.1, -0.05) is 45.7 Å². The maximum Gasteiger partial charge on any atom is 0.0628 e. The molecule has 0 aliphatic carbocycles. The van der Waals surface area contributed by atoms with Crippen LogP contribution in [0, 0.1) is 6.92 Å². The highest BCUT2D eigenvalue weighted by Crippen LogP contribution is 2.29. The van der Waals surface area contributed by atoms with E-state index in [1.54, 1.807) is 0 Å². The number of alkyl halides is 1. The van der Waals surface area contributed by atoms with Gasteiger partial charge in [-0.05, 0) is 54.3 Å². The molecule has 0 nitrogen and oxygen atoms in total. The minimum absolute atomic E-state index is 0.0146. The third-order valence-corrected chi connectivity index (χ3v) is 4.03. The second kappa shape index (κ2) is 6.10. The van der Waals surface area contributed by atoms with E-state index in [0.29, 0.717) is 0 Å². The highest BCUT2D eigenvalue weighted by Gasteiger charge is 2.11. The van der Waals surface area contributed by atoms with E-state index in [1.807, 2.05) is 30.3 Å². The van der Waals surface area contributed by atoms with E-state index in [2.05, 4.69) is 35.0 Å². The Morgan fingerprint density at radius 2 is 1.78 bits per heavy atom. The Kier molecular flexibility index (Phi) is 4.71. The molecule has 0 aromatic heterocycles. The van der Waals surface area contributed by atoms with Crippen molar-refractivity contribution in [2.45, 2.75) is 18.7 Å². The van der Waals surface area contributed by atoms with Crippen molar-refractivity contribution < 1.29 is 0 Å². The average molecular weight is 344 g/mol. The summed E-state index contributed by atoms with van der Waals surface area (Å²) in [5.41, 5.74) is 3.58. The van der Waals surface area contributed by atoms with Crippen molar-refractivity contribution in [1.82, 2.24) is 0 Å². The minimum Gasteiger partial charge on any atom is -0.117 e. The summed E-state index contributed by atoms with van der Waals surface area (Å²) in [5.74, 6) is 0. The van der Waals surface area contributed by atoms with Gasteiger partial charge < -0.3 is 0 Å². The zero-order valence-electron chi connectivity index (χ0n) is 9.96. The van der Waals surface area contributed by atoms with Crippen molar-refractivity contribution in [3.05, 3.63) is 68.7 Å². The van der Waals surface area contributed by atoms with Crippen LogP contribution < -0.4 is 0 Å². The molecule has 0 bridgehead atoms. The lowest BCUT2D eigenvalue weighted by Gasteiger charge is -2.13. The molecule has 0 aliphatic heterocycles. The third kappa shape index (κ3) is 3.50. The second-order valence-corrected chi connectivity index (χ2v) is 6.18. The predicted octanol–water partition coefficient (Wildman–Crippen LogP) is 5.93. The van der Waals surface area contributed by atoms with Gasteiger partial charge in [0.05, 0.1) is 5.38 Å². The zero-order chi connectivity index (χ0) is 13.1. The smallest absolute Gasteiger partial charge is 0.0628 e. The van der Waals surface area contributed by atoms with Crippen LogP contribution in [0.2, 0.25) is 5.02 Å². The van der Waals surface area contributed by atoms with E-state index in [4.69, 9.17) is 23.2 Å². The summed E-state index contributed by atoms with van der Waals surface area (Å²) < 4.78 is 1.08. The Labute approximate surface area is 126 Å². The van der Waals surface area contributed by atoms with E-state index in [1.165, 1.54) is 16.7 Å². The van der Waals surface area contributed by atoms with Crippen molar-refractivity contribution in [3.63, 3.8) is 0 Å². The van der Waals surface area contributed by atoms with Gasteiger partial charge in [-0.25, -0.2) is 0 Å². The summed E-state index contributed by atoms with van der Waals surface area (Å²) in [5, 5.41) is 0.740. The zero-order valence-corrected chi connectivity index (χ0v) is 13.1. The van der Waals surface area contributed by atoms with Crippen LogP contribution in [0.4, 0.5) is 0 Å². The molecule has 0 saturated heterocycles. The predicted molar refractivity (Wildman–Crippen MR) is 82.6 cm³/mol. The van der Waals surface area contributed by atoms with Crippen molar-refractivity contribution in [2.75, 3.05) is 0 Å². The highest BCUT2D eigenvalue weighted by molar-refractivity contribution is 9.10. The Balaban J connectivity index is 2.16. The average Bonchev–Trinajstić information content (AvgIpc) is 2.32. The van der Waals surface area contributed by atoms with E-state index in [-0.39, 0.29) is 5.38 Å². The molecule has 2 aromatic carbocycles. The van der Waals surface area contributed by atoms with Crippen LogP contribution in [0.1, 0.15) is 22.1 Å². The molecule has 0 amide bonds. The quantitative estimate of drug-likeness (QED) is 0.605. The molecule has 94 valence electrons. The molecule has 3 heteroatoms. The summed E-state index contributed by atoms with van der Waals surface area (Å²) in [6, 6.07) is 14.0. The molecule has 1 atom stereocenters. The first-order valence-corrected chi connectivity index (χ1v) is 7.31. The Hall–Kier alpha value is -0.500. The SMILES string of the molecule is Cc1cc(Br)ccc1C(Cl)Cc1ccc(Cl)cc1. The Morgan fingerprint density at radius 1 is 1.11 bits per heavy atom. The van der Waals surface area contributed by atoms with E-state index in [0.717, 1.165) is 15.9 Å². The van der Waals surface area contributed by atoms with Gasteiger partial charge >= 0.3 is 0 Å². The lowest BCUT2D eigenvalue weighted by atomic mass is 10.0. The van der Waals surface area contributed by atoms with Crippen molar-refractivity contribution in [1.29, 1.82) is 0 Å². The van der Waals surface area contributed by atoms with Crippen molar-refractivity contribution in [2.24, 2.45) is 0 Å². The summed E-state index contributed by atoms with van der Waals surface area (Å²) in [6.07, 6.45) is 0.807. The molecule has 0 saturated carbocycles. The maximum absolute atomic E-state index is 6.49. The molecule has 18 heavy (non-hydrogen) atoms. The van der Waals surface area contributed by atoms with Gasteiger partial charge in [0.25, 0.3) is 0 Å². The van der Waals surface area contributed by atoms with Crippen LogP contribution in [0.15, 0.2) is 46.9 Å². The first-order valence-electron chi connectivity index (χ1n) is 5.71. The topological polar surface area (TPSA) is 0 Å². The minimum atomic E-state index is -0.0146. The first-order chi connectivity index (χ1) is 8.56. The summed E-state index contributed by atoms with van der Waals surface area (Å²) >= 11 is 15.8.